The number of hydrogen-bond donors (Lipinski definition) is 1. The van der Waals surface area contributed by atoms with E-state index in [1.165, 1.54) is 15.3 Å². The van der Waals surface area contributed by atoms with Gasteiger partial charge < -0.3 is 5.32 Å². The van der Waals surface area contributed by atoms with E-state index in [2.05, 4.69) is 46.5 Å². The van der Waals surface area contributed by atoms with E-state index in [0.717, 1.165) is 19.6 Å². The molecule has 1 N–H and O–H groups in total. The number of hydrogen-bond acceptors (Lipinski definition) is 4. The van der Waals surface area contributed by atoms with Crippen LogP contribution >= 0.6 is 11.3 Å². The molecule has 2 aromatic rings. The van der Waals surface area contributed by atoms with E-state index in [4.69, 9.17) is 0 Å². The van der Waals surface area contributed by atoms with E-state index in [1.54, 1.807) is 0 Å². The summed E-state index contributed by atoms with van der Waals surface area (Å²) in [7, 11) is 4.13. The maximum atomic E-state index is 4.04. The molecular weight excluding hydrogens is 242 g/mol. The van der Waals surface area contributed by atoms with Gasteiger partial charge in [0.15, 0.2) is 0 Å². The van der Waals surface area contributed by atoms with Crippen molar-refractivity contribution in [1.82, 2.24) is 15.2 Å². The van der Waals surface area contributed by atoms with Gasteiger partial charge in [0.05, 0.1) is 0 Å². The molecule has 0 aromatic carbocycles. The Hall–Kier alpha value is -1.23. The lowest BCUT2D eigenvalue weighted by molar-refractivity contribution is 0.322. The van der Waals surface area contributed by atoms with Crippen LogP contribution < -0.4 is 5.32 Å². The van der Waals surface area contributed by atoms with Gasteiger partial charge in [0, 0.05) is 41.8 Å². The van der Waals surface area contributed by atoms with E-state index in [1.807, 2.05) is 30.8 Å². The Morgan fingerprint density at radius 2 is 1.83 bits per heavy atom. The van der Waals surface area contributed by atoms with Crippen LogP contribution in [0.2, 0.25) is 0 Å². The Bertz CT molecular complexity index is 467. The predicted octanol–water partition coefficient (Wildman–Crippen LogP) is 2.49. The lowest BCUT2D eigenvalue weighted by Gasteiger charge is -2.15. The van der Waals surface area contributed by atoms with Gasteiger partial charge in [0.25, 0.3) is 0 Å². The zero-order valence-electron chi connectivity index (χ0n) is 10.9. The van der Waals surface area contributed by atoms with E-state index in [0.29, 0.717) is 0 Å². The van der Waals surface area contributed by atoms with Gasteiger partial charge in [-0.15, -0.1) is 11.3 Å². The third-order valence-electron chi connectivity index (χ3n) is 2.70. The van der Waals surface area contributed by atoms with Crippen molar-refractivity contribution in [2.75, 3.05) is 14.1 Å². The van der Waals surface area contributed by atoms with Crippen LogP contribution in [0.4, 0.5) is 0 Å². The lowest BCUT2D eigenvalue weighted by atomic mass is 10.2. The fourth-order valence-electron chi connectivity index (χ4n) is 1.90. The van der Waals surface area contributed by atoms with Gasteiger partial charge in [-0.3, -0.25) is 9.88 Å². The lowest BCUT2D eigenvalue weighted by Crippen LogP contribution is -2.16. The van der Waals surface area contributed by atoms with Crippen LogP contribution in [0.15, 0.2) is 36.7 Å². The van der Waals surface area contributed by atoms with Crippen LogP contribution in [0.25, 0.3) is 0 Å². The Morgan fingerprint density at radius 3 is 2.56 bits per heavy atom. The molecule has 0 aliphatic rings. The standard InChI is InChI=1S/C14H19N3S/c1-15-9-13-3-4-14(18-13)11-17(2)10-12-5-7-16-8-6-12/h3-8,15H,9-11H2,1-2H3. The summed E-state index contributed by atoms with van der Waals surface area (Å²) in [5.74, 6) is 0. The predicted molar refractivity (Wildman–Crippen MR) is 76.5 cm³/mol. The number of nitrogens with one attached hydrogen (secondary N) is 1. The number of thiophene rings is 1. The largest absolute Gasteiger partial charge is 0.315 e. The molecule has 4 heteroatoms. The molecule has 0 spiro atoms. The van der Waals surface area contributed by atoms with Crippen molar-refractivity contribution in [1.29, 1.82) is 0 Å². The van der Waals surface area contributed by atoms with Crippen LogP contribution in [-0.4, -0.2) is 24.0 Å². The highest BCUT2D eigenvalue weighted by atomic mass is 32.1. The van der Waals surface area contributed by atoms with Crippen molar-refractivity contribution >= 4 is 11.3 Å². The summed E-state index contributed by atoms with van der Waals surface area (Å²) in [6.07, 6.45) is 3.69. The minimum absolute atomic E-state index is 0.957. The summed E-state index contributed by atoms with van der Waals surface area (Å²) in [6.45, 7) is 2.91. The zero-order chi connectivity index (χ0) is 12.8. The molecule has 0 fully saturated rings. The zero-order valence-corrected chi connectivity index (χ0v) is 11.7. The van der Waals surface area contributed by atoms with Crippen molar-refractivity contribution in [2.24, 2.45) is 0 Å². The second-order valence-electron chi connectivity index (χ2n) is 4.43. The molecule has 0 atom stereocenters. The monoisotopic (exact) mass is 261 g/mol. The van der Waals surface area contributed by atoms with Crippen LogP contribution in [-0.2, 0) is 19.6 Å². The van der Waals surface area contributed by atoms with E-state index < -0.39 is 0 Å². The average Bonchev–Trinajstić information content (AvgIpc) is 2.78. The molecule has 0 saturated heterocycles. The third kappa shape index (κ3) is 3.91. The minimum atomic E-state index is 0.957. The van der Waals surface area contributed by atoms with Gasteiger partial charge in [-0.2, -0.15) is 0 Å². The van der Waals surface area contributed by atoms with Crippen molar-refractivity contribution in [3.63, 3.8) is 0 Å². The molecule has 0 unspecified atom stereocenters. The van der Waals surface area contributed by atoms with Gasteiger partial charge in [-0.25, -0.2) is 0 Å². The van der Waals surface area contributed by atoms with E-state index in [-0.39, 0.29) is 0 Å². The molecule has 0 amide bonds. The fraction of sp³-hybridized carbons (Fsp3) is 0.357. The third-order valence-corrected chi connectivity index (χ3v) is 3.77. The van der Waals surface area contributed by atoms with Gasteiger partial charge in [0.1, 0.15) is 0 Å². The van der Waals surface area contributed by atoms with Crippen LogP contribution in [0.3, 0.4) is 0 Å². The van der Waals surface area contributed by atoms with Crippen LogP contribution in [0.5, 0.6) is 0 Å². The summed E-state index contributed by atoms with van der Waals surface area (Å²) < 4.78 is 0. The van der Waals surface area contributed by atoms with Gasteiger partial charge >= 0.3 is 0 Å². The van der Waals surface area contributed by atoms with Crippen molar-refractivity contribution in [3.05, 3.63) is 52.0 Å². The molecule has 0 saturated carbocycles. The maximum absolute atomic E-state index is 4.04. The quantitative estimate of drug-likeness (QED) is 0.866. The van der Waals surface area contributed by atoms with Crippen LogP contribution in [0, 0.1) is 0 Å². The molecule has 0 aliphatic carbocycles. The Morgan fingerprint density at radius 1 is 1.11 bits per heavy atom. The van der Waals surface area contributed by atoms with Crippen molar-refractivity contribution in [3.8, 4) is 0 Å². The van der Waals surface area contributed by atoms with E-state index >= 15 is 0 Å². The summed E-state index contributed by atoms with van der Waals surface area (Å²) in [5.41, 5.74) is 1.31. The Kier molecular flexibility index (Phi) is 4.87. The highest BCUT2D eigenvalue weighted by Crippen LogP contribution is 2.18. The number of rotatable bonds is 6. The number of nitrogens with zero attached hydrogens (tertiary/aromatic N) is 2. The first-order valence-corrected chi connectivity index (χ1v) is 6.89. The van der Waals surface area contributed by atoms with Crippen molar-refractivity contribution < 1.29 is 0 Å². The molecule has 2 aromatic heterocycles. The first-order valence-electron chi connectivity index (χ1n) is 6.07. The molecule has 2 heterocycles. The summed E-state index contributed by atoms with van der Waals surface area (Å²) in [5, 5.41) is 3.18. The van der Waals surface area contributed by atoms with Gasteiger partial charge in [0.2, 0.25) is 0 Å². The number of pyridine rings is 1. The van der Waals surface area contributed by atoms with Crippen molar-refractivity contribution in [2.45, 2.75) is 19.6 Å². The first-order chi connectivity index (χ1) is 8.78. The Labute approximate surface area is 112 Å². The summed E-state index contributed by atoms with van der Waals surface area (Å²) in [4.78, 5) is 9.17. The summed E-state index contributed by atoms with van der Waals surface area (Å²) in [6, 6.07) is 8.56. The highest BCUT2D eigenvalue weighted by Gasteiger charge is 2.04. The minimum Gasteiger partial charge on any atom is -0.315 e. The normalized spacial score (nSPS) is 11.1. The number of aromatic nitrogens is 1. The fourth-order valence-corrected chi connectivity index (χ4v) is 3.01. The van der Waals surface area contributed by atoms with E-state index in [9.17, 15) is 0 Å². The molecule has 18 heavy (non-hydrogen) atoms. The molecular formula is C14H19N3S. The average molecular weight is 261 g/mol. The molecule has 96 valence electrons. The second kappa shape index (κ2) is 6.64. The molecule has 3 nitrogen and oxygen atoms in total. The van der Waals surface area contributed by atoms with Gasteiger partial charge in [-0.05, 0) is 43.9 Å². The SMILES string of the molecule is CNCc1ccc(CN(C)Cc2ccncc2)s1. The van der Waals surface area contributed by atoms with Gasteiger partial charge in [-0.1, -0.05) is 0 Å². The second-order valence-corrected chi connectivity index (χ2v) is 5.68. The first kappa shape index (κ1) is 13.2. The molecule has 0 bridgehead atoms. The molecule has 0 radical (unpaired) electrons. The molecule has 0 aliphatic heterocycles. The smallest absolute Gasteiger partial charge is 0.0328 e. The molecule has 2 rings (SSSR count). The summed E-state index contributed by atoms with van der Waals surface area (Å²) >= 11 is 1.88. The maximum Gasteiger partial charge on any atom is 0.0328 e. The van der Waals surface area contributed by atoms with Crippen LogP contribution in [0.1, 0.15) is 15.3 Å². The highest BCUT2D eigenvalue weighted by molar-refractivity contribution is 7.11. The Balaban J connectivity index is 1.88. The topological polar surface area (TPSA) is 28.2 Å².